The van der Waals surface area contributed by atoms with Crippen LogP contribution in [0, 0.1) is 16.0 Å². The highest BCUT2D eigenvalue weighted by Crippen LogP contribution is 2.29. The van der Waals surface area contributed by atoms with Crippen LogP contribution in [-0.4, -0.2) is 46.4 Å². The van der Waals surface area contributed by atoms with Gasteiger partial charge in [0.2, 0.25) is 11.8 Å². The maximum Gasteiger partial charge on any atom is 0.573 e. The lowest BCUT2D eigenvalue weighted by atomic mass is 9.86. The molecule has 0 spiro atoms. The summed E-state index contributed by atoms with van der Waals surface area (Å²) in [5.41, 5.74) is -0.0998. The Morgan fingerprint density at radius 3 is 2.58 bits per heavy atom. The average Bonchev–Trinajstić information content (AvgIpc) is 2.82. The van der Waals surface area contributed by atoms with E-state index >= 15 is 0 Å². The summed E-state index contributed by atoms with van der Waals surface area (Å²) in [6.07, 6.45) is -0.561. The third kappa shape index (κ3) is 8.13. The first kappa shape index (κ1) is 26.8. The molecule has 196 valence electrons. The van der Waals surface area contributed by atoms with Crippen LogP contribution in [-0.2, 0) is 6.54 Å². The number of carbonyl (C=O) groups is 1. The number of ether oxygens (including phenoxy) is 1. The van der Waals surface area contributed by atoms with Gasteiger partial charge in [0.1, 0.15) is 11.9 Å². The number of alkyl halides is 3. The van der Waals surface area contributed by atoms with Gasteiger partial charge in [-0.15, -0.1) is 13.2 Å². The maximum absolute atomic E-state index is 12.6. The fourth-order valence-electron chi connectivity index (χ4n) is 3.92. The summed E-state index contributed by atoms with van der Waals surface area (Å²) in [6.45, 7) is 2.74. The van der Waals surface area contributed by atoms with Crippen molar-refractivity contribution >= 4 is 23.5 Å². The molecule has 1 fully saturated rings. The molecular formula is C22H28F3N7O4. The fourth-order valence-corrected chi connectivity index (χ4v) is 3.92. The number of halogens is 3. The topological polar surface area (TPSA) is 143 Å². The second-order valence-electron chi connectivity index (χ2n) is 8.30. The minimum atomic E-state index is -4.84. The summed E-state index contributed by atoms with van der Waals surface area (Å²) in [5.74, 6) is -0.107. The number of nitrogens with zero attached hydrogens (tertiary/aromatic N) is 3. The molecule has 14 heteroatoms. The van der Waals surface area contributed by atoms with E-state index in [1.54, 1.807) is 6.07 Å². The number of amides is 2. The summed E-state index contributed by atoms with van der Waals surface area (Å²) >= 11 is 0. The Bertz CT molecular complexity index is 1050. The molecule has 0 bridgehead atoms. The number of nitrogens with one attached hydrogen (secondary N) is 4. The van der Waals surface area contributed by atoms with E-state index in [1.807, 2.05) is 6.92 Å². The van der Waals surface area contributed by atoms with Gasteiger partial charge < -0.3 is 26.0 Å². The molecule has 1 aliphatic rings. The molecule has 11 nitrogen and oxygen atoms in total. The molecule has 1 aliphatic carbocycles. The van der Waals surface area contributed by atoms with Gasteiger partial charge in [-0.3, -0.25) is 10.1 Å². The van der Waals surface area contributed by atoms with Crippen molar-refractivity contribution in [1.29, 1.82) is 0 Å². The lowest BCUT2D eigenvalue weighted by Crippen LogP contribution is -2.43. The fraction of sp³-hybridized carbons (Fsp3) is 0.500. The number of benzene rings is 1. The summed E-state index contributed by atoms with van der Waals surface area (Å²) in [7, 11) is 0. The van der Waals surface area contributed by atoms with E-state index in [-0.39, 0.29) is 53.3 Å². The molecule has 0 radical (unpaired) electrons. The van der Waals surface area contributed by atoms with E-state index in [4.69, 9.17) is 0 Å². The van der Waals surface area contributed by atoms with Crippen molar-refractivity contribution in [1.82, 2.24) is 20.6 Å². The second-order valence-corrected chi connectivity index (χ2v) is 8.30. The molecule has 0 atom stereocenters. The molecule has 1 aromatic heterocycles. The number of aromatic nitrogens is 2. The van der Waals surface area contributed by atoms with E-state index < -0.39 is 11.3 Å². The Labute approximate surface area is 205 Å². The van der Waals surface area contributed by atoms with Crippen LogP contribution < -0.4 is 26.0 Å². The van der Waals surface area contributed by atoms with Gasteiger partial charge in [0.05, 0.1) is 4.92 Å². The monoisotopic (exact) mass is 511 g/mol. The third-order valence-electron chi connectivity index (χ3n) is 5.68. The third-order valence-corrected chi connectivity index (χ3v) is 5.68. The molecule has 1 aromatic carbocycles. The molecule has 0 unspecified atom stereocenters. The Morgan fingerprint density at radius 1 is 1.19 bits per heavy atom. The number of rotatable bonds is 10. The Hall–Kier alpha value is -3.84. The van der Waals surface area contributed by atoms with Crippen molar-refractivity contribution in [2.75, 3.05) is 23.7 Å². The molecular weight excluding hydrogens is 483 g/mol. The van der Waals surface area contributed by atoms with Gasteiger partial charge in [0.15, 0.2) is 0 Å². The van der Waals surface area contributed by atoms with E-state index in [1.165, 1.54) is 18.2 Å². The zero-order valence-electron chi connectivity index (χ0n) is 19.6. The molecule has 2 amide bonds. The van der Waals surface area contributed by atoms with Gasteiger partial charge in [-0.05, 0) is 44.6 Å². The van der Waals surface area contributed by atoms with E-state index in [0.717, 1.165) is 31.9 Å². The zero-order chi connectivity index (χ0) is 26.1. The Kier molecular flexibility index (Phi) is 9.08. The van der Waals surface area contributed by atoms with Crippen molar-refractivity contribution in [3.05, 3.63) is 46.1 Å². The number of para-hydroxylation sites is 1. The van der Waals surface area contributed by atoms with Crippen LogP contribution in [0.5, 0.6) is 5.75 Å². The lowest BCUT2D eigenvalue weighted by Gasteiger charge is -2.29. The van der Waals surface area contributed by atoms with Crippen LogP contribution >= 0.6 is 0 Å². The van der Waals surface area contributed by atoms with Crippen LogP contribution in [0.15, 0.2) is 30.5 Å². The minimum absolute atomic E-state index is 0.0137. The molecule has 1 heterocycles. The van der Waals surface area contributed by atoms with Crippen LogP contribution in [0.2, 0.25) is 0 Å². The van der Waals surface area contributed by atoms with E-state index in [9.17, 15) is 28.1 Å². The Morgan fingerprint density at radius 2 is 1.92 bits per heavy atom. The van der Waals surface area contributed by atoms with Crippen molar-refractivity contribution in [2.45, 2.75) is 51.6 Å². The highest BCUT2D eigenvalue weighted by atomic mass is 19.4. The zero-order valence-corrected chi connectivity index (χ0v) is 19.6. The summed E-state index contributed by atoms with van der Waals surface area (Å²) in [6, 6.07) is 5.51. The highest BCUT2D eigenvalue weighted by Gasteiger charge is 2.32. The minimum Gasteiger partial charge on any atom is -0.405 e. The summed E-state index contributed by atoms with van der Waals surface area (Å²) < 4.78 is 42.0. The molecule has 2 aromatic rings. The Balaban J connectivity index is 1.59. The standard InChI is InChI=1S/C22H28F3N7O4/c1-2-26-21(33)30-16-9-7-14(8-10-16)11-27-19-17(32(34)35)13-29-20(31-19)28-12-15-5-3-4-6-18(15)36-22(23,24)25/h3-6,13-14,16H,2,7-12H2,1H3,(H2,26,30,33)(H2,27,28,29,31)/t14-,16-. The first-order valence-electron chi connectivity index (χ1n) is 11.5. The summed E-state index contributed by atoms with van der Waals surface area (Å²) in [4.78, 5) is 30.6. The SMILES string of the molecule is CCNC(=O)N[C@H]1CC[C@H](CNc2nc(NCc3ccccc3OC(F)(F)F)ncc2[N+](=O)[O-])CC1. The van der Waals surface area contributed by atoms with Crippen LogP contribution in [0.3, 0.4) is 0 Å². The van der Waals surface area contributed by atoms with Crippen LogP contribution in [0.1, 0.15) is 38.2 Å². The smallest absolute Gasteiger partial charge is 0.405 e. The van der Waals surface area contributed by atoms with Gasteiger partial charge in [0.25, 0.3) is 0 Å². The lowest BCUT2D eigenvalue weighted by molar-refractivity contribution is -0.384. The normalized spacial score (nSPS) is 17.7. The quantitative estimate of drug-likeness (QED) is 0.275. The second kappa shape index (κ2) is 12.2. The number of carbonyl (C=O) groups excluding carboxylic acids is 1. The summed E-state index contributed by atoms with van der Waals surface area (Å²) in [5, 5.41) is 22.9. The van der Waals surface area contributed by atoms with E-state index in [0.29, 0.717) is 13.1 Å². The van der Waals surface area contributed by atoms with Gasteiger partial charge in [-0.25, -0.2) is 9.78 Å². The first-order valence-corrected chi connectivity index (χ1v) is 11.5. The van der Waals surface area contributed by atoms with Gasteiger partial charge in [-0.1, -0.05) is 18.2 Å². The van der Waals surface area contributed by atoms with Crippen LogP contribution in [0.25, 0.3) is 0 Å². The van der Waals surface area contributed by atoms with Gasteiger partial charge in [-0.2, -0.15) is 4.98 Å². The first-order chi connectivity index (χ1) is 17.1. The molecule has 36 heavy (non-hydrogen) atoms. The number of urea groups is 1. The van der Waals surface area contributed by atoms with E-state index in [2.05, 4.69) is 36.0 Å². The highest BCUT2D eigenvalue weighted by molar-refractivity contribution is 5.74. The number of hydrogen-bond donors (Lipinski definition) is 4. The van der Waals surface area contributed by atoms with Gasteiger partial charge in [0, 0.05) is 31.2 Å². The average molecular weight is 512 g/mol. The number of nitro groups is 1. The maximum atomic E-state index is 12.6. The van der Waals surface area contributed by atoms with Crippen molar-refractivity contribution in [3.63, 3.8) is 0 Å². The molecule has 1 saturated carbocycles. The van der Waals surface area contributed by atoms with Crippen molar-refractivity contribution in [3.8, 4) is 5.75 Å². The van der Waals surface area contributed by atoms with Gasteiger partial charge >= 0.3 is 18.1 Å². The van der Waals surface area contributed by atoms with Crippen molar-refractivity contribution in [2.24, 2.45) is 5.92 Å². The molecule has 4 N–H and O–H groups in total. The van der Waals surface area contributed by atoms with Crippen LogP contribution in [0.4, 0.5) is 35.4 Å². The number of anilines is 2. The molecule has 0 aliphatic heterocycles. The predicted molar refractivity (Wildman–Crippen MR) is 126 cm³/mol. The largest absolute Gasteiger partial charge is 0.573 e. The molecule has 3 rings (SSSR count). The van der Waals surface area contributed by atoms with Crippen molar-refractivity contribution < 1.29 is 27.6 Å². The molecule has 0 saturated heterocycles. The predicted octanol–water partition coefficient (Wildman–Crippen LogP) is 4.19. The number of hydrogen-bond acceptors (Lipinski definition) is 8.